The Kier molecular flexibility index (Phi) is 6.80. The molecule has 1 unspecified atom stereocenters. The highest BCUT2D eigenvalue weighted by molar-refractivity contribution is 5.83. The normalized spacial score (nSPS) is 13.2. The van der Waals surface area contributed by atoms with Crippen molar-refractivity contribution in [1.29, 1.82) is 0 Å². The van der Waals surface area contributed by atoms with Gasteiger partial charge in [-0.1, -0.05) is 20.8 Å². The summed E-state index contributed by atoms with van der Waals surface area (Å²) in [4.78, 5) is 22.8. The fourth-order valence-electron chi connectivity index (χ4n) is 1.80. The summed E-state index contributed by atoms with van der Waals surface area (Å²) in [6.07, 6.45) is 1.88. The molecule has 0 aliphatic heterocycles. The summed E-state index contributed by atoms with van der Waals surface area (Å²) >= 11 is 0. The van der Waals surface area contributed by atoms with Crippen LogP contribution in [-0.4, -0.2) is 29.6 Å². The van der Waals surface area contributed by atoms with Crippen molar-refractivity contribution in [3.63, 3.8) is 0 Å². The van der Waals surface area contributed by atoms with E-state index in [9.17, 15) is 9.59 Å². The number of carboxylic acids is 1. The molecule has 17 heavy (non-hydrogen) atoms. The highest BCUT2D eigenvalue weighted by Crippen LogP contribution is 2.25. The maximum Gasteiger partial charge on any atom is 0.305 e. The second-order valence-electron chi connectivity index (χ2n) is 4.37. The molecule has 0 aliphatic carbocycles. The number of nitrogens with two attached hydrogens (primary N) is 1. The zero-order valence-electron chi connectivity index (χ0n) is 11.0. The van der Waals surface area contributed by atoms with Gasteiger partial charge in [0, 0.05) is 12.6 Å². The standard InChI is InChI=1S/C12H24N2O3/c1-4-9(7-10(15)16)14-11(17)12(5-2,6-3)8-13/h9H,4-8,13H2,1-3H3,(H,14,17)(H,15,16). The number of aliphatic carboxylic acids is 1. The van der Waals surface area contributed by atoms with Crippen LogP contribution in [0.3, 0.4) is 0 Å². The van der Waals surface area contributed by atoms with Crippen molar-refractivity contribution in [2.45, 2.75) is 52.5 Å². The van der Waals surface area contributed by atoms with E-state index in [2.05, 4.69) is 5.32 Å². The van der Waals surface area contributed by atoms with Gasteiger partial charge in [-0.3, -0.25) is 9.59 Å². The Labute approximate surface area is 103 Å². The Morgan fingerprint density at radius 3 is 2.12 bits per heavy atom. The summed E-state index contributed by atoms with van der Waals surface area (Å²) in [5, 5.41) is 11.5. The molecule has 5 heteroatoms. The Morgan fingerprint density at radius 1 is 1.29 bits per heavy atom. The van der Waals surface area contributed by atoms with E-state index < -0.39 is 11.4 Å². The Morgan fingerprint density at radius 2 is 1.82 bits per heavy atom. The summed E-state index contributed by atoms with van der Waals surface area (Å²) in [6.45, 7) is 5.99. The maximum atomic E-state index is 12.1. The molecule has 100 valence electrons. The highest BCUT2D eigenvalue weighted by atomic mass is 16.4. The van der Waals surface area contributed by atoms with Crippen LogP contribution >= 0.6 is 0 Å². The molecular weight excluding hydrogens is 220 g/mol. The van der Waals surface area contributed by atoms with E-state index in [1.165, 1.54) is 0 Å². The lowest BCUT2D eigenvalue weighted by atomic mass is 9.81. The van der Waals surface area contributed by atoms with E-state index in [4.69, 9.17) is 10.8 Å². The molecular formula is C12H24N2O3. The largest absolute Gasteiger partial charge is 0.481 e. The molecule has 0 saturated carbocycles. The molecule has 0 saturated heterocycles. The number of carboxylic acid groups (broad SMARTS) is 1. The van der Waals surface area contributed by atoms with Gasteiger partial charge in [0.25, 0.3) is 0 Å². The Hall–Kier alpha value is -1.10. The monoisotopic (exact) mass is 244 g/mol. The van der Waals surface area contributed by atoms with Crippen LogP contribution < -0.4 is 11.1 Å². The van der Waals surface area contributed by atoms with Crippen molar-refractivity contribution in [3.8, 4) is 0 Å². The summed E-state index contributed by atoms with van der Waals surface area (Å²) < 4.78 is 0. The predicted octanol–water partition coefficient (Wildman–Crippen LogP) is 1.12. The fourth-order valence-corrected chi connectivity index (χ4v) is 1.80. The minimum atomic E-state index is -0.900. The molecule has 0 aromatic carbocycles. The topological polar surface area (TPSA) is 92.4 Å². The average molecular weight is 244 g/mol. The van der Waals surface area contributed by atoms with Gasteiger partial charge < -0.3 is 16.2 Å². The molecule has 1 atom stereocenters. The van der Waals surface area contributed by atoms with Crippen LogP contribution in [0.1, 0.15) is 46.5 Å². The minimum Gasteiger partial charge on any atom is -0.481 e. The van der Waals surface area contributed by atoms with E-state index in [0.717, 1.165) is 0 Å². The fraction of sp³-hybridized carbons (Fsp3) is 0.833. The lowest BCUT2D eigenvalue weighted by Gasteiger charge is -2.30. The number of hydrogen-bond donors (Lipinski definition) is 3. The van der Waals surface area contributed by atoms with E-state index in [0.29, 0.717) is 19.3 Å². The molecule has 1 amide bonds. The van der Waals surface area contributed by atoms with Gasteiger partial charge in [-0.25, -0.2) is 0 Å². The van der Waals surface area contributed by atoms with E-state index in [1.54, 1.807) is 0 Å². The third-order valence-corrected chi connectivity index (χ3v) is 3.47. The Balaban J connectivity index is 4.63. The molecule has 4 N–H and O–H groups in total. The third-order valence-electron chi connectivity index (χ3n) is 3.47. The summed E-state index contributed by atoms with van der Waals surface area (Å²) in [5.74, 6) is -1.03. The van der Waals surface area contributed by atoms with Crippen LogP contribution in [0.5, 0.6) is 0 Å². The lowest BCUT2D eigenvalue weighted by Crippen LogP contribution is -2.49. The maximum absolute atomic E-state index is 12.1. The van der Waals surface area contributed by atoms with Gasteiger partial charge >= 0.3 is 5.97 Å². The third kappa shape index (κ3) is 4.34. The number of amides is 1. The first kappa shape index (κ1) is 15.9. The van der Waals surface area contributed by atoms with Crippen molar-refractivity contribution in [2.24, 2.45) is 11.1 Å². The molecule has 0 heterocycles. The molecule has 0 spiro atoms. The molecule has 0 fully saturated rings. The second-order valence-corrected chi connectivity index (χ2v) is 4.37. The number of nitrogens with one attached hydrogen (secondary N) is 1. The summed E-state index contributed by atoms with van der Waals surface area (Å²) in [7, 11) is 0. The van der Waals surface area contributed by atoms with Crippen molar-refractivity contribution in [3.05, 3.63) is 0 Å². The molecule has 0 aromatic rings. The van der Waals surface area contributed by atoms with Crippen molar-refractivity contribution in [1.82, 2.24) is 5.32 Å². The Bertz CT molecular complexity index is 254. The van der Waals surface area contributed by atoms with E-state index in [1.807, 2.05) is 20.8 Å². The first-order chi connectivity index (χ1) is 7.95. The number of carbonyl (C=O) groups is 2. The zero-order chi connectivity index (χ0) is 13.5. The highest BCUT2D eigenvalue weighted by Gasteiger charge is 2.34. The summed E-state index contributed by atoms with van der Waals surface area (Å²) in [6, 6.07) is -0.316. The van der Waals surface area contributed by atoms with Gasteiger partial charge in [-0.15, -0.1) is 0 Å². The van der Waals surface area contributed by atoms with Gasteiger partial charge in [0.05, 0.1) is 11.8 Å². The lowest BCUT2D eigenvalue weighted by molar-refractivity contribution is -0.138. The average Bonchev–Trinajstić information content (AvgIpc) is 2.30. The van der Waals surface area contributed by atoms with Crippen LogP contribution in [0.2, 0.25) is 0 Å². The zero-order valence-corrected chi connectivity index (χ0v) is 11.0. The molecule has 0 bridgehead atoms. The smallest absolute Gasteiger partial charge is 0.305 e. The second kappa shape index (κ2) is 7.27. The van der Waals surface area contributed by atoms with Gasteiger partial charge in [0.1, 0.15) is 0 Å². The molecule has 0 aliphatic rings. The SMILES string of the molecule is CCC(CC(=O)O)NC(=O)C(CC)(CC)CN. The van der Waals surface area contributed by atoms with Crippen molar-refractivity contribution < 1.29 is 14.7 Å². The number of carbonyl (C=O) groups excluding carboxylic acids is 1. The van der Waals surface area contributed by atoms with Crippen LogP contribution in [0.4, 0.5) is 0 Å². The first-order valence-corrected chi connectivity index (χ1v) is 6.18. The number of rotatable bonds is 8. The van der Waals surface area contributed by atoms with Crippen molar-refractivity contribution >= 4 is 11.9 Å². The van der Waals surface area contributed by atoms with Gasteiger partial charge in [0.15, 0.2) is 0 Å². The molecule has 0 rings (SSSR count). The molecule has 0 radical (unpaired) electrons. The van der Waals surface area contributed by atoms with Crippen LogP contribution in [0.15, 0.2) is 0 Å². The van der Waals surface area contributed by atoms with Crippen LogP contribution in [-0.2, 0) is 9.59 Å². The predicted molar refractivity (Wildman–Crippen MR) is 66.5 cm³/mol. The van der Waals surface area contributed by atoms with Gasteiger partial charge in [-0.2, -0.15) is 0 Å². The van der Waals surface area contributed by atoms with Crippen LogP contribution in [0.25, 0.3) is 0 Å². The van der Waals surface area contributed by atoms with E-state index in [-0.39, 0.29) is 24.9 Å². The quantitative estimate of drug-likeness (QED) is 0.596. The molecule has 5 nitrogen and oxygen atoms in total. The molecule has 0 aromatic heterocycles. The first-order valence-electron chi connectivity index (χ1n) is 6.18. The minimum absolute atomic E-state index is 0.0453. The van der Waals surface area contributed by atoms with Crippen molar-refractivity contribution in [2.75, 3.05) is 6.54 Å². The van der Waals surface area contributed by atoms with E-state index >= 15 is 0 Å². The van der Waals surface area contributed by atoms with Crippen LogP contribution in [0, 0.1) is 5.41 Å². The van der Waals surface area contributed by atoms with Gasteiger partial charge in [-0.05, 0) is 19.3 Å². The summed E-state index contributed by atoms with van der Waals surface area (Å²) in [5.41, 5.74) is 5.11. The number of hydrogen-bond acceptors (Lipinski definition) is 3. The van der Waals surface area contributed by atoms with Gasteiger partial charge in [0.2, 0.25) is 5.91 Å².